The Morgan fingerprint density at radius 3 is 1.95 bits per heavy atom. The van der Waals surface area contributed by atoms with E-state index in [2.05, 4.69) is 66.7 Å². The van der Waals surface area contributed by atoms with Crippen molar-refractivity contribution in [2.45, 2.75) is 82.8 Å². The molecule has 0 atom stereocenters. The van der Waals surface area contributed by atoms with Gasteiger partial charge in [0.05, 0.1) is 0 Å². The highest BCUT2D eigenvalue weighted by atomic mass is 32.2. The lowest BCUT2D eigenvalue weighted by atomic mass is 9.77. The molecule has 0 aliphatic carbocycles. The standard InChI is InChI=1S/C18H30S/c1-8-17(5,6)19-16-12-11-15(13-14(16)4)18(7,9-2)10-3/h11-13H,8-10H2,1-7H3. The van der Waals surface area contributed by atoms with Gasteiger partial charge in [0.1, 0.15) is 0 Å². The van der Waals surface area contributed by atoms with Crippen LogP contribution in [0.1, 0.15) is 71.9 Å². The second kappa shape index (κ2) is 6.35. The third-order valence-electron chi connectivity index (χ3n) is 4.67. The first-order valence-corrected chi connectivity index (χ1v) is 8.39. The van der Waals surface area contributed by atoms with Crippen molar-refractivity contribution >= 4 is 11.8 Å². The second-order valence-electron chi connectivity index (χ2n) is 6.46. The van der Waals surface area contributed by atoms with Crippen molar-refractivity contribution in [2.75, 3.05) is 0 Å². The largest absolute Gasteiger partial charge is 0.120 e. The van der Waals surface area contributed by atoms with Gasteiger partial charge < -0.3 is 0 Å². The monoisotopic (exact) mass is 278 g/mol. The molecular formula is C18H30S. The van der Waals surface area contributed by atoms with Crippen molar-refractivity contribution in [2.24, 2.45) is 0 Å². The van der Waals surface area contributed by atoms with Crippen LogP contribution in [0.2, 0.25) is 0 Å². The topological polar surface area (TPSA) is 0 Å². The number of thioether (sulfide) groups is 1. The van der Waals surface area contributed by atoms with E-state index in [0.29, 0.717) is 10.2 Å². The zero-order valence-electron chi connectivity index (χ0n) is 13.8. The van der Waals surface area contributed by atoms with Crippen LogP contribution in [0.25, 0.3) is 0 Å². The zero-order chi connectivity index (χ0) is 14.7. The highest BCUT2D eigenvalue weighted by molar-refractivity contribution is 8.00. The van der Waals surface area contributed by atoms with E-state index in [0.717, 1.165) is 0 Å². The van der Waals surface area contributed by atoms with Gasteiger partial charge in [-0.25, -0.2) is 0 Å². The highest BCUT2D eigenvalue weighted by Gasteiger charge is 2.23. The molecular weight excluding hydrogens is 248 g/mol. The summed E-state index contributed by atoms with van der Waals surface area (Å²) in [5, 5.41) is 0. The van der Waals surface area contributed by atoms with Crippen LogP contribution in [0.4, 0.5) is 0 Å². The first-order chi connectivity index (χ1) is 8.78. The lowest BCUT2D eigenvalue weighted by molar-refractivity contribution is 0.438. The molecule has 0 aliphatic heterocycles. The molecule has 19 heavy (non-hydrogen) atoms. The van der Waals surface area contributed by atoms with Crippen molar-refractivity contribution in [1.82, 2.24) is 0 Å². The minimum absolute atomic E-state index is 0.324. The molecule has 0 heterocycles. The quantitative estimate of drug-likeness (QED) is 0.546. The Balaban J connectivity index is 3.04. The Bertz CT molecular complexity index is 414. The van der Waals surface area contributed by atoms with Crippen LogP contribution >= 0.6 is 11.8 Å². The predicted molar refractivity (Wildman–Crippen MR) is 89.3 cm³/mol. The molecule has 1 heteroatoms. The Hall–Kier alpha value is -0.430. The molecule has 0 bridgehead atoms. The smallest absolute Gasteiger partial charge is 0.0148 e. The van der Waals surface area contributed by atoms with E-state index in [-0.39, 0.29) is 0 Å². The van der Waals surface area contributed by atoms with Gasteiger partial charge in [-0.15, -0.1) is 11.8 Å². The van der Waals surface area contributed by atoms with Gasteiger partial charge in [0, 0.05) is 9.64 Å². The lowest BCUT2D eigenvalue weighted by Crippen LogP contribution is -2.19. The van der Waals surface area contributed by atoms with E-state index in [9.17, 15) is 0 Å². The van der Waals surface area contributed by atoms with Crippen LogP contribution in [0.15, 0.2) is 23.1 Å². The normalized spacial score (nSPS) is 12.8. The summed E-state index contributed by atoms with van der Waals surface area (Å²) >= 11 is 2.01. The molecule has 0 saturated heterocycles. The summed E-state index contributed by atoms with van der Waals surface area (Å²) in [6.07, 6.45) is 3.60. The minimum Gasteiger partial charge on any atom is -0.120 e. The van der Waals surface area contributed by atoms with Gasteiger partial charge >= 0.3 is 0 Å². The number of aryl methyl sites for hydroxylation is 1. The highest BCUT2D eigenvalue weighted by Crippen LogP contribution is 2.39. The van der Waals surface area contributed by atoms with Crippen molar-refractivity contribution in [3.8, 4) is 0 Å². The first kappa shape index (κ1) is 16.6. The van der Waals surface area contributed by atoms with E-state index in [1.165, 1.54) is 35.3 Å². The molecule has 0 aliphatic rings. The molecule has 0 nitrogen and oxygen atoms in total. The van der Waals surface area contributed by atoms with Gasteiger partial charge in [-0.3, -0.25) is 0 Å². The number of rotatable bonds is 6. The third kappa shape index (κ3) is 4.02. The summed E-state index contributed by atoms with van der Waals surface area (Å²) in [5.41, 5.74) is 3.25. The fourth-order valence-corrected chi connectivity index (χ4v) is 3.26. The molecule has 0 N–H and O–H groups in total. The van der Waals surface area contributed by atoms with Crippen LogP contribution in [0.3, 0.4) is 0 Å². The average molecular weight is 279 g/mol. The van der Waals surface area contributed by atoms with Crippen molar-refractivity contribution in [1.29, 1.82) is 0 Å². The Kier molecular flexibility index (Phi) is 5.55. The third-order valence-corrected chi connectivity index (χ3v) is 6.19. The molecule has 1 rings (SSSR count). The molecule has 108 valence electrons. The van der Waals surface area contributed by atoms with Gasteiger partial charge in [0.25, 0.3) is 0 Å². The molecule has 1 aromatic rings. The van der Waals surface area contributed by atoms with E-state index in [1.807, 2.05) is 11.8 Å². The Morgan fingerprint density at radius 2 is 1.53 bits per heavy atom. The zero-order valence-corrected chi connectivity index (χ0v) is 14.6. The minimum atomic E-state index is 0.324. The maximum absolute atomic E-state index is 2.40. The van der Waals surface area contributed by atoms with Crippen molar-refractivity contribution in [3.63, 3.8) is 0 Å². The number of hydrogen-bond donors (Lipinski definition) is 0. The molecule has 0 radical (unpaired) electrons. The molecule has 0 unspecified atom stereocenters. The maximum Gasteiger partial charge on any atom is 0.0148 e. The van der Waals surface area contributed by atoms with E-state index >= 15 is 0 Å². The Morgan fingerprint density at radius 1 is 0.947 bits per heavy atom. The SMILES string of the molecule is CCC(C)(C)Sc1ccc(C(C)(CC)CC)cc1C. The average Bonchev–Trinajstić information content (AvgIpc) is 2.40. The van der Waals surface area contributed by atoms with Crippen LogP contribution in [-0.2, 0) is 5.41 Å². The van der Waals surface area contributed by atoms with E-state index in [4.69, 9.17) is 0 Å². The van der Waals surface area contributed by atoms with Gasteiger partial charge in [-0.05, 0) is 48.8 Å². The molecule has 0 aromatic heterocycles. The van der Waals surface area contributed by atoms with Crippen molar-refractivity contribution < 1.29 is 0 Å². The number of hydrogen-bond acceptors (Lipinski definition) is 1. The summed E-state index contributed by atoms with van der Waals surface area (Å²) < 4.78 is 0.324. The molecule has 0 spiro atoms. The van der Waals surface area contributed by atoms with Crippen LogP contribution in [-0.4, -0.2) is 4.75 Å². The van der Waals surface area contributed by atoms with Gasteiger partial charge in [-0.1, -0.05) is 53.7 Å². The van der Waals surface area contributed by atoms with Gasteiger partial charge in [0.15, 0.2) is 0 Å². The molecule has 0 fully saturated rings. The summed E-state index contributed by atoms with van der Waals surface area (Å²) in [7, 11) is 0. The molecule has 0 saturated carbocycles. The summed E-state index contributed by atoms with van der Waals surface area (Å²) in [6, 6.07) is 7.07. The fourth-order valence-electron chi connectivity index (χ4n) is 2.17. The number of benzene rings is 1. The van der Waals surface area contributed by atoms with Crippen LogP contribution in [0, 0.1) is 6.92 Å². The van der Waals surface area contributed by atoms with Gasteiger partial charge in [-0.2, -0.15) is 0 Å². The molecule has 0 amide bonds. The second-order valence-corrected chi connectivity index (χ2v) is 8.21. The maximum atomic E-state index is 2.40. The van der Waals surface area contributed by atoms with Crippen LogP contribution < -0.4 is 0 Å². The van der Waals surface area contributed by atoms with Crippen molar-refractivity contribution in [3.05, 3.63) is 29.3 Å². The van der Waals surface area contributed by atoms with E-state index < -0.39 is 0 Å². The first-order valence-electron chi connectivity index (χ1n) is 7.58. The van der Waals surface area contributed by atoms with Gasteiger partial charge in [0.2, 0.25) is 0 Å². The lowest BCUT2D eigenvalue weighted by Gasteiger charge is -2.29. The summed E-state index contributed by atoms with van der Waals surface area (Å²) in [6.45, 7) is 16.1. The summed E-state index contributed by atoms with van der Waals surface area (Å²) in [5.74, 6) is 0. The van der Waals surface area contributed by atoms with E-state index in [1.54, 1.807) is 0 Å². The Labute approximate surface area is 124 Å². The fraction of sp³-hybridized carbons (Fsp3) is 0.667. The summed E-state index contributed by atoms with van der Waals surface area (Å²) in [4.78, 5) is 1.44. The predicted octanol–water partition coefficient (Wildman–Crippen LogP) is 6.35. The van der Waals surface area contributed by atoms with Crippen LogP contribution in [0.5, 0.6) is 0 Å². The molecule has 1 aromatic carbocycles.